The zero-order valence-electron chi connectivity index (χ0n) is 12.4. The summed E-state index contributed by atoms with van der Waals surface area (Å²) in [5, 5.41) is 0. The van der Waals surface area contributed by atoms with E-state index in [-0.39, 0.29) is 5.60 Å². The zero-order valence-corrected chi connectivity index (χ0v) is 12.4. The van der Waals surface area contributed by atoms with Gasteiger partial charge in [0.25, 0.3) is 0 Å². The van der Waals surface area contributed by atoms with Crippen LogP contribution in [0.5, 0.6) is 0 Å². The van der Waals surface area contributed by atoms with Crippen molar-refractivity contribution in [3.8, 4) is 0 Å². The van der Waals surface area contributed by atoms with E-state index in [2.05, 4.69) is 11.8 Å². The van der Waals surface area contributed by atoms with Gasteiger partial charge in [-0.3, -0.25) is 4.90 Å². The Bertz CT molecular complexity index is 249. The summed E-state index contributed by atoms with van der Waals surface area (Å²) in [6.07, 6.45) is 6.98. The smallest absolute Gasteiger partial charge is 0.0741 e. The molecule has 2 heterocycles. The third kappa shape index (κ3) is 4.15. The minimum Gasteiger partial charge on any atom is -0.381 e. The number of unbranched alkanes of at least 4 members (excludes halogenated alkanes) is 1. The highest BCUT2D eigenvalue weighted by atomic mass is 16.5. The molecule has 0 bridgehead atoms. The molecule has 2 fully saturated rings. The molecule has 1 atom stereocenters. The summed E-state index contributed by atoms with van der Waals surface area (Å²) in [6.45, 7) is 7.85. The average Bonchev–Trinajstić information content (AvgIpc) is 2.44. The average molecular weight is 270 g/mol. The highest BCUT2D eigenvalue weighted by molar-refractivity contribution is 4.92. The molecule has 2 aliphatic rings. The molecule has 4 nitrogen and oxygen atoms in total. The van der Waals surface area contributed by atoms with Gasteiger partial charge in [-0.1, -0.05) is 13.3 Å². The first-order valence-electron chi connectivity index (χ1n) is 7.95. The number of nitrogens with two attached hydrogens (primary N) is 1. The van der Waals surface area contributed by atoms with E-state index in [1.807, 2.05) is 0 Å². The summed E-state index contributed by atoms with van der Waals surface area (Å²) in [7, 11) is 0. The lowest BCUT2D eigenvalue weighted by molar-refractivity contribution is -0.151. The van der Waals surface area contributed by atoms with E-state index in [9.17, 15) is 0 Å². The molecule has 0 amide bonds. The van der Waals surface area contributed by atoms with E-state index < -0.39 is 0 Å². The molecule has 0 radical (unpaired) electrons. The first-order valence-corrected chi connectivity index (χ1v) is 7.95. The molecule has 2 rings (SSSR count). The lowest BCUT2D eigenvalue weighted by Crippen LogP contribution is -2.52. The number of nitrogens with zero attached hydrogens (tertiary/aromatic N) is 1. The van der Waals surface area contributed by atoms with Gasteiger partial charge in [0.15, 0.2) is 0 Å². The van der Waals surface area contributed by atoms with Gasteiger partial charge in [-0.05, 0) is 38.6 Å². The molecule has 0 aromatic rings. The topological polar surface area (TPSA) is 47.7 Å². The fourth-order valence-corrected chi connectivity index (χ4v) is 3.41. The summed E-state index contributed by atoms with van der Waals surface area (Å²) in [5.41, 5.74) is 5.88. The zero-order chi connectivity index (χ0) is 13.6. The number of rotatable bonds is 6. The van der Waals surface area contributed by atoms with E-state index >= 15 is 0 Å². The Kier molecular flexibility index (Phi) is 6.07. The Morgan fingerprint density at radius 2 is 2.00 bits per heavy atom. The summed E-state index contributed by atoms with van der Waals surface area (Å²) in [5.74, 6) is 0. The second kappa shape index (κ2) is 7.58. The second-order valence-electron chi connectivity index (χ2n) is 5.97. The molecule has 2 saturated heterocycles. The number of hydrogen-bond acceptors (Lipinski definition) is 4. The third-order valence-electron chi connectivity index (χ3n) is 4.60. The minimum absolute atomic E-state index is 0.0975. The van der Waals surface area contributed by atoms with E-state index in [1.54, 1.807) is 0 Å². The first kappa shape index (κ1) is 15.2. The van der Waals surface area contributed by atoms with Crippen LogP contribution >= 0.6 is 0 Å². The molecule has 0 saturated carbocycles. The molecule has 2 aliphatic heterocycles. The highest BCUT2D eigenvalue weighted by Gasteiger charge is 2.40. The summed E-state index contributed by atoms with van der Waals surface area (Å²) in [6, 6.07) is 0.655. The van der Waals surface area contributed by atoms with Crippen molar-refractivity contribution < 1.29 is 9.47 Å². The third-order valence-corrected chi connectivity index (χ3v) is 4.60. The van der Waals surface area contributed by atoms with Crippen LogP contribution in [0.1, 0.15) is 45.4 Å². The van der Waals surface area contributed by atoms with Crippen LogP contribution in [0.4, 0.5) is 0 Å². The Morgan fingerprint density at radius 3 is 2.68 bits per heavy atom. The summed E-state index contributed by atoms with van der Waals surface area (Å²) >= 11 is 0. The van der Waals surface area contributed by atoms with Crippen LogP contribution in [0.2, 0.25) is 0 Å². The van der Waals surface area contributed by atoms with Crippen LogP contribution in [0.25, 0.3) is 0 Å². The highest BCUT2D eigenvalue weighted by Crippen LogP contribution is 2.36. The van der Waals surface area contributed by atoms with Crippen molar-refractivity contribution >= 4 is 0 Å². The van der Waals surface area contributed by atoms with E-state index in [0.29, 0.717) is 6.04 Å². The Labute approximate surface area is 117 Å². The second-order valence-corrected chi connectivity index (χ2v) is 5.97. The maximum atomic E-state index is 6.13. The van der Waals surface area contributed by atoms with E-state index in [0.717, 1.165) is 52.2 Å². The maximum Gasteiger partial charge on any atom is 0.0741 e. The molecule has 1 spiro atoms. The Balaban J connectivity index is 1.93. The van der Waals surface area contributed by atoms with Crippen molar-refractivity contribution in [1.29, 1.82) is 0 Å². The van der Waals surface area contributed by atoms with Crippen LogP contribution in [0.15, 0.2) is 0 Å². The van der Waals surface area contributed by atoms with Crippen molar-refractivity contribution in [2.45, 2.75) is 57.1 Å². The maximum absolute atomic E-state index is 6.13. The molecule has 1 unspecified atom stereocenters. The van der Waals surface area contributed by atoms with Crippen molar-refractivity contribution in [1.82, 2.24) is 4.90 Å². The largest absolute Gasteiger partial charge is 0.381 e. The summed E-state index contributed by atoms with van der Waals surface area (Å²) in [4.78, 5) is 2.60. The predicted octanol–water partition coefficient (Wildman–Crippen LogP) is 1.78. The van der Waals surface area contributed by atoms with Crippen LogP contribution in [-0.2, 0) is 9.47 Å². The fourth-order valence-electron chi connectivity index (χ4n) is 3.41. The first-order chi connectivity index (χ1) is 9.29. The van der Waals surface area contributed by atoms with Gasteiger partial charge < -0.3 is 15.2 Å². The van der Waals surface area contributed by atoms with E-state index in [1.165, 1.54) is 25.8 Å². The van der Waals surface area contributed by atoms with Gasteiger partial charge in [0.2, 0.25) is 0 Å². The molecule has 4 heteroatoms. The number of ether oxygens (including phenoxy) is 2. The van der Waals surface area contributed by atoms with Crippen molar-refractivity contribution in [3.63, 3.8) is 0 Å². The predicted molar refractivity (Wildman–Crippen MR) is 77.3 cm³/mol. The van der Waals surface area contributed by atoms with E-state index in [4.69, 9.17) is 15.2 Å². The van der Waals surface area contributed by atoms with Gasteiger partial charge in [-0.25, -0.2) is 0 Å². The van der Waals surface area contributed by atoms with Crippen LogP contribution in [-0.4, -0.2) is 56.0 Å². The molecule has 2 N–H and O–H groups in total. The standard InChI is InChI=1S/C15H30N2O2/c1-2-3-8-17(9-7-16)14-4-10-19-15(13-14)5-11-18-12-6-15/h14H,2-13,16H2,1H3. The van der Waals surface area contributed by atoms with Gasteiger partial charge in [0.05, 0.1) is 5.60 Å². The van der Waals surface area contributed by atoms with Crippen LogP contribution in [0.3, 0.4) is 0 Å². The van der Waals surface area contributed by atoms with Gasteiger partial charge in [-0.2, -0.15) is 0 Å². The molecule has 112 valence electrons. The van der Waals surface area contributed by atoms with Gasteiger partial charge in [0, 0.05) is 39.0 Å². The normalized spacial score (nSPS) is 27.0. The molecule has 0 aliphatic carbocycles. The number of hydrogen-bond donors (Lipinski definition) is 1. The molecular weight excluding hydrogens is 240 g/mol. The lowest BCUT2D eigenvalue weighted by atomic mass is 9.83. The lowest BCUT2D eigenvalue weighted by Gasteiger charge is -2.46. The monoisotopic (exact) mass is 270 g/mol. The van der Waals surface area contributed by atoms with Gasteiger partial charge in [-0.15, -0.1) is 0 Å². The Hall–Kier alpha value is -0.160. The molecule has 0 aromatic heterocycles. The van der Waals surface area contributed by atoms with Crippen LogP contribution in [0, 0.1) is 0 Å². The molecule has 0 aromatic carbocycles. The van der Waals surface area contributed by atoms with Crippen molar-refractivity contribution in [2.75, 3.05) is 39.5 Å². The molecule has 19 heavy (non-hydrogen) atoms. The van der Waals surface area contributed by atoms with Crippen molar-refractivity contribution in [2.24, 2.45) is 5.73 Å². The minimum atomic E-state index is 0.0975. The fraction of sp³-hybridized carbons (Fsp3) is 1.00. The quantitative estimate of drug-likeness (QED) is 0.799. The molecular formula is C15H30N2O2. The van der Waals surface area contributed by atoms with Crippen LogP contribution < -0.4 is 5.73 Å². The Morgan fingerprint density at radius 1 is 1.21 bits per heavy atom. The SMILES string of the molecule is CCCCN(CCN)C1CCOC2(CCOCC2)C1. The summed E-state index contributed by atoms with van der Waals surface area (Å²) < 4.78 is 11.6. The van der Waals surface area contributed by atoms with Gasteiger partial charge in [0.1, 0.15) is 0 Å². The van der Waals surface area contributed by atoms with Gasteiger partial charge >= 0.3 is 0 Å². The van der Waals surface area contributed by atoms with Crippen molar-refractivity contribution in [3.05, 3.63) is 0 Å².